The minimum Gasteiger partial charge on any atom is -0.744 e. The van der Waals surface area contributed by atoms with Gasteiger partial charge in [-0.15, -0.1) is 0 Å². The fourth-order valence-electron chi connectivity index (χ4n) is 6.51. The molecular weight excluding hydrogens is 559 g/mol. The first kappa shape index (κ1) is 40.6. The van der Waals surface area contributed by atoms with E-state index in [1.165, 1.54) is 128 Å². The van der Waals surface area contributed by atoms with Gasteiger partial charge in [-0.2, -0.15) is 0 Å². The first-order valence-electron chi connectivity index (χ1n) is 18.0. The van der Waals surface area contributed by atoms with Crippen molar-refractivity contribution in [2.24, 2.45) is 0 Å². The first-order chi connectivity index (χ1) is 20.5. The summed E-state index contributed by atoms with van der Waals surface area (Å²) in [6.07, 6.45) is 32.5. The second-order valence-electron chi connectivity index (χ2n) is 12.8. The topological polar surface area (TPSA) is 57.2 Å². The molecule has 0 radical (unpaired) electrons. The first-order valence-corrected chi connectivity index (χ1v) is 19.4. The summed E-state index contributed by atoms with van der Waals surface area (Å²) < 4.78 is 37.2. The molecule has 5 heteroatoms. The third kappa shape index (κ3) is 17.8. The quantitative estimate of drug-likeness (QED) is 0.0567. The summed E-state index contributed by atoms with van der Waals surface area (Å²) in [5.41, 5.74) is 1.91. The second kappa shape index (κ2) is 25.8. The maximum atomic E-state index is 12.4. The van der Waals surface area contributed by atoms with Gasteiger partial charge >= 0.3 is 29.6 Å². The number of hydrogen-bond acceptors (Lipinski definition) is 3. The van der Waals surface area contributed by atoms with E-state index in [-0.39, 0.29) is 34.5 Å². The summed E-state index contributed by atoms with van der Waals surface area (Å²) in [7, 11) is -4.52. The van der Waals surface area contributed by atoms with Crippen LogP contribution in [-0.2, 0) is 23.0 Å². The van der Waals surface area contributed by atoms with Crippen LogP contribution in [0, 0.1) is 0 Å². The van der Waals surface area contributed by atoms with Gasteiger partial charge in [0, 0.05) is 0 Å². The number of benzene rings is 2. The van der Waals surface area contributed by atoms with Crippen LogP contribution in [0.4, 0.5) is 0 Å². The Morgan fingerprint density at radius 2 is 0.860 bits per heavy atom. The van der Waals surface area contributed by atoms with Gasteiger partial charge in [0.2, 0.25) is 0 Å². The molecule has 0 aliphatic heterocycles. The van der Waals surface area contributed by atoms with Crippen molar-refractivity contribution < 1.29 is 42.5 Å². The van der Waals surface area contributed by atoms with Crippen LogP contribution in [0.1, 0.15) is 179 Å². The van der Waals surface area contributed by atoms with E-state index in [1.54, 1.807) is 6.07 Å². The van der Waals surface area contributed by atoms with Crippen LogP contribution in [0.25, 0.3) is 10.8 Å². The molecule has 43 heavy (non-hydrogen) atoms. The Kier molecular flexibility index (Phi) is 24.3. The van der Waals surface area contributed by atoms with Gasteiger partial charge in [0.1, 0.15) is 10.1 Å². The van der Waals surface area contributed by atoms with Crippen LogP contribution < -0.4 is 29.6 Å². The number of unbranched alkanes of at least 4 members (excludes halogenated alkanes) is 22. The molecule has 0 N–H and O–H groups in total. The molecule has 0 heterocycles. The molecule has 0 atom stereocenters. The average Bonchev–Trinajstić information content (AvgIpc) is 2.98. The van der Waals surface area contributed by atoms with Gasteiger partial charge in [-0.1, -0.05) is 179 Å². The predicted octanol–water partition coefficient (Wildman–Crippen LogP) is 9.24. The molecule has 240 valence electrons. The molecule has 0 aliphatic rings. The van der Waals surface area contributed by atoms with Gasteiger partial charge in [-0.3, -0.25) is 0 Å². The van der Waals surface area contributed by atoms with Crippen molar-refractivity contribution in [1.82, 2.24) is 0 Å². The molecule has 0 unspecified atom stereocenters. The molecule has 0 aromatic heterocycles. The molecule has 0 amide bonds. The maximum Gasteiger partial charge on any atom is 1.00 e. The third-order valence-corrected chi connectivity index (χ3v) is 9.97. The molecule has 0 spiro atoms. The smallest absolute Gasteiger partial charge is 0.744 e. The minimum atomic E-state index is -4.52. The van der Waals surface area contributed by atoms with Gasteiger partial charge in [-0.25, -0.2) is 8.42 Å². The molecule has 2 aromatic rings. The van der Waals surface area contributed by atoms with Crippen molar-refractivity contribution in [1.29, 1.82) is 0 Å². The summed E-state index contributed by atoms with van der Waals surface area (Å²) in [5, 5.41) is 2.00. The van der Waals surface area contributed by atoms with Gasteiger partial charge < -0.3 is 4.55 Å². The van der Waals surface area contributed by atoms with Crippen LogP contribution in [0.2, 0.25) is 0 Å². The number of rotatable bonds is 27. The Labute approximate surface area is 288 Å². The predicted molar refractivity (Wildman–Crippen MR) is 181 cm³/mol. The van der Waals surface area contributed by atoms with Crippen LogP contribution in [0.3, 0.4) is 0 Å². The fourth-order valence-corrected chi connectivity index (χ4v) is 7.30. The number of fused-ring (bicyclic) bond motifs is 1. The fraction of sp³-hybridized carbons (Fsp3) is 0.737. The van der Waals surface area contributed by atoms with E-state index in [2.05, 4.69) is 19.9 Å². The molecule has 3 nitrogen and oxygen atoms in total. The molecule has 2 aromatic carbocycles. The zero-order valence-electron chi connectivity index (χ0n) is 28.4. The van der Waals surface area contributed by atoms with Crippen molar-refractivity contribution in [3.05, 3.63) is 41.5 Å². The number of aryl methyl sites for hydroxylation is 1. The Morgan fingerprint density at radius 1 is 0.512 bits per heavy atom. The van der Waals surface area contributed by atoms with Crippen LogP contribution in [0.15, 0.2) is 35.2 Å². The minimum absolute atomic E-state index is 0. The largest absolute Gasteiger partial charge is 1.00 e. The summed E-state index contributed by atoms with van der Waals surface area (Å²) >= 11 is 0. The molecule has 0 fully saturated rings. The SMILES string of the molecule is CCCCCCCCCCCCCCc1c(S(=O)(=O)[O-])cc2ccccc2c1CCCCCCCCCCCCCC.[Na+]. The summed E-state index contributed by atoms with van der Waals surface area (Å²) in [5.74, 6) is 0. The number of hydrogen-bond donors (Lipinski definition) is 0. The molecular formula is C38H63NaO3S. The summed E-state index contributed by atoms with van der Waals surface area (Å²) in [4.78, 5) is 0.0261. The monoisotopic (exact) mass is 622 g/mol. The standard InChI is InChI=1S/C38H64O3S.Na/c1-3-5-7-9-11-13-15-17-19-21-23-25-31-36-35-30-28-27-29-34(35)33-38(42(39,40)41)37(36)32-26-24-22-20-18-16-14-12-10-8-6-4-2;/h27-30,33H,3-26,31-32H2,1-2H3,(H,39,40,41);/q;+1/p-1. The van der Waals surface area contributed by atoms with Gasteiger partial charge in [0.15, 0.2) is 0 Å². The van der Waals surface area contributed by atoms with E-state index in [0.717, 1.165) is 54.0 Å². The van der Waals surface area contributed by atoms with E-state index < -0.39 is 10.1 Å². The van der Waals surface area contributed by atoms with Crippen molar-refractivity contribution >= 4 is 20.9 Å². The Morgan fingerprint density at radius 3 is 1.26 bits per heavy atom. The zero-order valence-corrected chi connectivity index (χ0v) is 31.2. The van der Waals surface area contributed by atoms with E-state index in [0.29, 0.717) is 6.42 Å². The van der Waals surface area contributed by atoms with Crippen molar-refractivity contribution in [3.8, 4) is 0 Å². The summed E-state index contributed by atoms with van der Waals surface area (Å²) in [6.45, 7) is 4.53. The van der Waals surface area contributed by atoms with Gasteiger partial charge in [-0.05, 0) is 53.6 Å². The van der Waals surface area contributed by atoms with Crippen molar-refractivity contribution in [3.63, 3.8) is 0 Å². The van der Waals surface area contributed by atoms with Crippen LogP contribution >= 0.6 is 0 Å². The molecule has 0 saturated heterocycles. The maximum absolute atomic E-state index is 12.4. The van der Waals surface area contributed by atoms with Gasteiger partial charge in [0.05, 0.1) is 4.90 Å². The van der Waals surface area contributed by atoms with E-state index in [9.17, 15) is 13.0 Å². The Bertz CT molecular complexity index is 1070. The van der Waals surface area contributed by atoms with Crippen molar-refractivity contribution in [2.75, 3.05) is 0 Å². The summed E-state index contributed by atoms with van der Waals surface area (Å²) in [6, 6.07) is 9.66. The Hall–Kier alpha value is -0.390. The van der Waals surface area contributed by atoms with Crippen molar-refractivity contribution in [2.45, 2.75) is 186 Å². The van der Waals surface area contributed by atoms with E-state index in [1.807, 2.05) is 18.2 Å². The molecule has 0 aliphatic carbocycles. The van der Waals surface area contributed by atoms with E-state index in [4.69, 9.17) is 0 Å². The van der Waals surface area contributed by atoms with Gasteiger partial charge in [0.25, 0.3) is 0 Å². The molecule has 0 saturated carbocycles. The average molecular weight is 623 g/mol. The van der Waals surface area contributed by atoms with Crippen LogP contribution in [-0.4, -0.2) is 13.0 Å². The molecule has 2 rings (SSSR count). The van der Waals surface area contributed by atoms with E-state index >= 15 is 0 Å². The Balaban J connectivity index is 0.00000924. The second-order valence-corrected chi connectivity index (χ2v) is 14.1. The zero-order chi connectivity index (χ0) is 30.3. The normalized spacial score (nSPS) is 11.7. The van der Waals surface area contributed by atoms with Crippen LogP contribution in [0.5, 0.6) is 0 Å². The molecule has 0 bridgehead atoms. The third-order valence-electron chi connectivity index (χ3n) is 9.06.